The maximum Gasteiger partial charge on any atom is 0.114 e. The molecule has 1 aromatic heterocycles. The maximum atomic E-state index is 5.99. The van der Waals surface area contributed by atoms with Crippen LogP contribution in [0.3, 0.4) is 0 Å². The lowest BCUT2D eigenvalue weighted by atomic mass is 9.69. The molecule has 1 N–H and O–H groups in total. The van der Waals surface area contributed by atoms with E-state index in [1.165, 1.54) is 50.6 Å². The minimum absolute atomic E-state index is 0.178. The molecule has 0 spiro atoms. The maximum absolute atomic E-state index is 5.99. The lowest BCUT2D eigenvalue weighted by Gasteiger charge is -2.39. The van der Waals surface area contributed by atoms with E-state index in [4.69, 9.17) is 4.74 Å². The lowest BCUT2D eigenvalue weighted by Crippen LogP contribution is -2.43. The fourth-order valence-electron chi connectivity index (χ4n) is 4.69. The number of hydrogen-bond acceptors (Lipinski definition) is 3. The number of ether oxygens (including phenoxy) is 1. The Labute approximate surface area is 133 Å². The quantitative estimate of drug-likeness (QED) is 0.928. The second kappa shape index (κ2) is 6.32. The first kappa shape index (κ1) is 14.7. The van der Waals surface area contributed by atoms with Crippen LogP contribution in [0.2, 0.25) is 0 Å². The van der Waals surface area contributed by atoms with Crippen molar-refractivity contribution < 1.29 is 4.74 Å². The van der Waals surface area contributed by atoms with Crippen molar-refractivity contribution in [2.24, 2.45) is 18.9 Å². The molecule has 2 aliphatic carbocycles. The average molecular weight is 303 g/mol. The van der Waals surface area contributed by atoms with Gasteiger partial charge < -0.3 is 10.1 Å². The molecule has 0 bridgehead atoms. The van der Waals surface area contributed by atoms with Crippen molar-refractivity contribution in [3.8, 4) is 0 Å². The molecule has 2 saturated carbocycles. The van der Waals surface area contributed by atoms with Crippen molar-refractivity contribution in [1.82, 2.24) is 15.1 Å². The SMILES string of the molecule is Cn1nccc1[C@H]1OCC[C@@H]1NC1CCC(C2CCC2)CC1. The van der Waals surface area contributed by atoms with Gasteiger partial charge in [-0.3, -0.25) is 4.68 Å². The van der Waals surface area contributed by atoms with Gasteiger partial charge in [-0.05, 0) is 50.0 Å². The molecule has 0 amide bonds. The first-order valence-corrected chi connectivity index (χ1v) is 9.17. The molecule has 3 aliphatic rings. The molecule has 4 heteroatoms. The predicted octanol–water partition coefficient (Wildman–Crippen LogP) is 3.20. The summed E-state index contributed by atoms with van der Waals surface area (Å²) < 4.78 is 7.95. The molecule has 1 aliphatic heterocycles. The fraction of sp³-hybridized carbons (Fsp3) is 0.833. The van der Waals surface area contributed by atoms with Gasteiger partial charge in [0.15, 0.2) is 0 Å². The molecule has 3 fully saturated rings. The van der Waals surface area contributed by atoms with E-state index < -0.39 is 0 Å². The Bertz CT molecular complexity index is 488. The average Bonchev–Trinajstić information content (AvgIpc) is 3.07. The van der Waals surface area contributed by atoms with Crippen molar-refractivity contribution in [2.75, 3.05) is 6.61 Å². The van der Waals surface area contributed by atoms with E-state index >= 15 is 0 Å². The Kier molecular flexibility index (Phi) is 4.23. The fourth-order valence-corrected chi connectivity index (χ4v) is 4.69. The van der Waals surface area contributed by atoms with Gasteiger partial charge in [0.2, 0.25) is 0 Å². The standard InChI is InChI=1S/C18H29N3O/c1-21-17(9-11-19-21)18-16(10-12-22-18)20-15-7-5-14(6-8-15)13-3-2-4-13/h9,11,13-16,18,20H,2-8,10,12H2,1H3/t14?,15?,16-,18-/m0/s1. The van der Waals surface area contributed by atoms with Gasteiger partial charge in [-0.25, -0.2) is 0 Å². The van der Waals surface area contributed by atoms with Gasteiger partial charge in [0.05, 0.1) is 5.69 Å². The molecule has 2 atom stereocenters. The van der Waals surface area contributed by atoms with Crippen LogP contribution < -0.4 is 5.32 Å². The topological polar surface area (TPSA) is 39.1 Å². The number of nitrogens with one attached hydrogen (secondary N) is 1. The van der Waals surface area contributed by atoms with Crippen LogP contribution in [-0.2, 0) is 11.8 Å². The van der Waals surface area contributed by atoms with E-state index in [2.05, 4.69) is 16.5 Å². The molecule has 0 aromatic carbocycles. The molecule has 122 valence electrons. The third kappa shape index (κ3) is 2.83. The summed E-state index contributed by atoms with van der Waals surface area (Å²) in [5.74, 6) is 2.09. The molecule has 4 rings (SSSR count). The van der Waals surface area contributed by atoms with Gasteiger partial charge >= 0.3 is 0 Å². The summed E-state index contributed by atoms with van der Waals surface area (Å²) in [4.78, 5) is 0. The second-order valence-corrected chi connectivity index (χ2v) is 7.54. The summed E-state index contributed by atoms with van der Waals surface area (Å²) >= 11 is 0. The van der Waals surface area contributed by atoms with Crippen LogP contribution in [0.1, 0.15) is 63.2 Å². The highest BCUT2D eigenvalue weighted by Gasteiger charge is 2.35. The van der Waals surface area contributed by atoms with Gasteiger partial charge in [0.25, 0.3) is 0 Å². The highest BCUT2D eigenvalue weighted by Crippen LogP contribution is 2.41. The molecular formula is C18H29N3O. The molecule has 1 saturated heterocycles. The molecule has 1 aromatic rings. The summed E-state index contributed by atoms with van der Waals surface area (Å²) in [5.41, 5.74) is 1.21. The first-order chi connectivity index (χ1) is 10.8. The summed E-state index contributed by atoms with van der Waals surface area (Å²) in [6.07, 6.45) is 13.2. The van der Waals surface area contributed by atoms with Gasteiger partial charge in [0, 0.05) is 31.9 Å². The lowest BCUT2D eigenvalue weighted by molar-refractivity contribution is 0.0847. The van der Waals surface area contributed by atoms with E-state index in [1.807, 2.05) is 17.9 Å². The Morgan fingerprint density at radius 2 is 1.86 bits per heavy atom. The van der Waals surface area contributed by atoms with Crippen molar-refractivity contribution in [3.05, 3.63) is 18.0 Å². The van der Waals surface area contributed by atoms with Gasteiger partial charge in [-0.15, -0.1) is 0 Å². The van der Waals surface area contributed by atoms with Crippen molar-refractivity contribution in [1.29, 1.82) is 0 Å². The van der Waals surface area contributed by atoms with E-state index in [-0.39, 0.29) is 6.10 Å². The third-order valence-corrected chi connectivity index (χ3v) is 6.28. The predicted molar refractivity (Wildman–Crippen MR) is 86.5 cm³/mol. The summed E-state index contributed by atoms with van der Waals surface area (Å²) in [7, 11) is 2.01. The number of aryl methyl sites for hydroxylation is 1. The van der Waals surface area contributed by atoms with Gasteiger partial charge in [0.1, 0.15) is 6.10 Å². The number of aromatic nitrogens is 2. The Hall–Kier alpha value is -0.870. The molecule has 0 radical (unpaired) electrons. The Morgan fingerprint density at radius 3 is 2.50 bits per heavy atom. The minimum atomic E-state index is 0.178. The number of rotatable bonds is 4. The summed E-state index contributed by atoms with van der Waals surface area (Å²) in [6, 6.07) is 3.25. The van der Waals surface area contributed by atoms with Crippen molar-refractivity contribution in [3.63, 3.8) is 0 Å². The van der Waals surface area contributed by atoms with E-state index in [0.29, 0.717) is 12.1 Å². The van der Waals surface area contributed by atoms with Crippen LogP contribution >= 0.6 is 0 Å². The summed E-state index contributed by atoms with van der Waals surface area (Å²) in [6.45, 7) is 0.866. The van der Waals surface area contributed by atoms with Gasteiger partial charge in [-0.2, -0.15) is 5.10 Å². The van der Waals surface area contributed by atoms with Crippen LogP contribution in [0.5, 0.6) is 0 Å². The van der Waals surface area contributed by atoms with Crippen LogP contribution in [0.4, 0.5) is 0 Å². The second-order valence-electron chi connectivity index (χ2n) is 7.54. The van der Waals surface area contributed by atoms with Crippen molar-refractivity contribution >= 4 is 0 Å². The third-order valence-electron chi connectivity index (χ3n) is 6.28. The molecule has 4 nitrogen and oxygen atoms in total. The van der Waals surface area contributed by atoms with Gasteiger partial charge in [-0.1, -0.05) is 19.3 Å². The van der Waals surface area contributed by atoms with Crippen LogP contribution in [0.15, 0.2) is 12.3 Å². The largest absolute Gasteiger partial charge is 0.370 e. The monoisotopic (exact) mass is 303 g/mol. The zero-order valence-corrected chi connectivity index (χ0v) is 13.7. The highest BCUT2D eigenvalue weighted by atomic mass is 16.5. The van der Waals surface area contributed by atoms with Crippen LogP contribution in [0, 0.1) is 11.8 Å². The number of hydrogen-bond donors (Lipinski definition) is 1. The van der Waals surface area contributed by atoms with Crippen LogP contribution in [0.25, 0.3) is 0 Å². The number of nitrogens with zero attached hydrogens (tertiary/aromatic N) is 2. The van der Waals surface area contributed by atoms with Crippen molar-refractivity contribution in [2.45, 2.75) is 69.6 Å². The van der Waals surface area contributed by atoms with E-state index in [0.717, 1.165) is 24.9 Å². The normalized spacial score (nSPS) is 36.4. The van der Waals surface area contributed by atoms with E-state index in [9.17, 15) is 0 Å². The van der Waals surface area contributed by atoms with Crippen LogP contribution in [-0.4, -0.2) is 28.5 Å². The molecule has 0 unspecified atom stereocenters. The zero-order chi connectivity index (χ0) is 14.9. The molecular weight excluding hydrogens is 274 g/mol. The highest BCUT2D eigenvalue weighted by molar-refractivity contribution is 5.09. The molecule has 2 heterocycles. The first-order valence-electron chi connectivity index (χ1n) is 9.17. The minimum Gasteiger partial charge on any atom is -0.370 e. The zero-order valence-electron chi connectivity index (χ0n) is 13.7. The summed E-state index contributed by atoms with van der Waals surface area (Å²) in [5, 5.41) is 8.21. The molecule has 22 heavy (non-hydrogen) atoms. The van der Waals surface area contributed by atoms with E-state index in [1.54, 1.807) is 0 Å². The Morgan fingerprint density at radius 1 is 1.09 bits per heavy atom. The smallest absolute Gasteiger partial charge is 0.114 e. The Balaban J connectivity index is 1.32.